The molecule has 0 aromatic heterocycles. The molecule has 0 spiro atoms. The number of aryl methyl sites for hydroxylation is 1. The Labute approximate surface area is 169 Å². The van der Waals surface area contributed by atoms with Crippen molar-refractivity contribution in [2.75, 3.05) is 20.3 Å². The molecule has 140 valence electrons. The highest BCUT2D eigenvalue weighted by Gasteiger charge is 2.28. The van der Waals surface area contributed by atoms with Gasteiger partial charge in [-0.1, -0.05) is 60.4 Å². The lowest BCUT2D eigenvalue weighted by Gasteiger charge is -2.11. The summed E-state index contributed by atoms with van der Waals surface area (Å²) in [5, 5.41) is 0. The summed E-state index contributed by atoms with van der Waals surface area (Å²) in [6, 6.07) is 15.6. The molecule has 4 nitrogen and oxygen atoms in total. The number of amides is 1. The Kier molecular flexibility index (Phi) is 6.53. The van der Waals surface area contributed by atoms with E-state index >= 15 is 0 Å². The number of thiocarbonyl (C=S) groups is 1. The zero-order chi connectivity index (χ0) is 19.2. The van der Waals surface area contributed by atoms with Crippen molar-refractivity contribution in [2.24, 2.45) is 0 Å². The van der Waals surface area contributed by atoms with Crippen molar-refractivity contribution in [1.29, 1.82) is 0 Å². The SMILES string of the molecule is Cc1ccccc1OCCCOc1ccccc1/C=C1/SC(=S)N(C)C1=O. The second kappa shape index (κ2) is 9.06. The number of rotatable bonds is 7. The summed E-state index contributed by atoms with van der Waals surface area (Å²) in [5.74, 6) is 1.57. The van der Waals surface area contributed by atoms with Gasteiger partial charge < -0.3 is 9.47 Å². The number of para-hydroxylation sites is 2. The van der Waals surface area contributed by atoms with Gasteiger partial charge in [0.15, 0.2) is 0 Å². The fraction of sp³-hybridized carbons (Fsp3) is 0.238. The molecular weight excluding hydrogens is 378 g/mol. The van der Waals surface area contributed by atoms with Crippen molar-refractivity contribution in [3.63, 3.8) is 0 Å². The van der Waals surface area contributed by atoms with Gasteiger partial charge in [0, 0.05) is 19.0 Å². The summed E-state index contributed by atoms with van der Waals surface area (Å²) in [6.07, 6.45) is 2.60. The van der Waals surface area contributed by atoms with Crippen LogP contribution in [0.15, 0.2) is 53.4 Å². The molecule has 0 bridgehead atoms. The molecule has 1 fully saturated rings. The fourth-order valence-electron chi connectivity index (χ4n) is 2.56. The van der Waals surface area contributed by atoms with E-state index in [1.807, 2.05) is 61.5 Å². The van der Waals surface area contributed by atoms with Crippen molar-refractivity contribution in [2.45, 2.75) is 13.3 Å². The highest BCUT2D eigenvalue weighted by atomic mass is 32.2. The monoisotopic (exact) mass is 399 g/mol. The Morgan fingerprint density at radius 2 is 1.67 bits per heavy atom. The van der Waals surface area contributed by atoms with Crippen LogP contribution in [0.5, 0.6) is 11.5 Å². The lowest BCUT2D eigenvalue weighted by Crippen LogP contribution is -2.22. The van der Waals surface area contributed by atoms with Crippen LogP contribution in [0.4, 0.5) is 0 Å². The van der Waals surface area contributed by atoms with Gasteiger partial charge in [0.1, 0.15) is 15.8 Å². The Hall–Kier alpha value is -2.31. The van der Waals surface area contributed by atoms with Gasteiger partial charge in [0.2, 0.25) is 0 Å². The van der Waals surface area contributed by atoms with E-state index in [0.29, 0.717) is 22.4 Å². The summed E-state index contributed by atoms with van der Waals surface area (Å²) in [7, 11) is 1.69. The Morgan fingerprint density at radius 1 is 1.04 bits per heavy atom. The standard InChI is InChI=1S/C21H21NO3S2/c1-15-8-3-5-10-17(15)24-12-7-13-25-18-11-6-4-9-16(18)14-19-20(23)22(2)21(26)27-19/h3-6,8-11,14H,7,12-13H2,1-2H3/b19-14+. The third kappa shape index (κ3) is 4.90. The lowest BCUT2D eigenvalue weighted by molar-refractivity contribution is -0.121. The molecule has 0 atom stereocenters. The van der Waals surface area contributed by atoms with Crippen molar-refractivity contribution in [3.8, 4) is 11.5 Å². The molecule has 0 unspecified atom stereocenters. The predicted molar refractivity (Wildman–Crippen MR) is 114 cm³/mol. The first-order valence-electron chi connectivity index (χ1n) is 8.68. The molecule has 1 amide bonds. The third-order valence-electron chi connectivity index (χ3n) is 4.09. The zero-order valence-electron chi connectivity index (χ0n) is 15.3. The van der Waals surface area contributed by atoms with E-state index in [-0.39, 0.29) is 5.91 Å². The van der Waals surface area contributed by atoms with Crippen LogP contribution in [-0.4, -0.2) is 35.4 Å². The molecule has 1 heterocycles. The van der Waals surface area contributed by atoms with Crippen LogP contribution < -0.4 is 9.47 Å². The summed E-state index contributed by atoms with van der Waals surface area (Å²) in [5.41, 5.74) is 1.99. The average Bonchev–Trinajstić information content (AvgIpc) is 2.91. The van der Waals surface area contributed by atoms with Crippen LogP contribution in [0.2, 0.25) is 0 Å². The summed E-state index contributed by atoms with van der Waals surface area (Å²) in [4.78, 5) is 14.3. The second-order valence-corrected chi connectivity index (χ2v) is 7.77. The molecule has 0 N–H and O–H groups in total. The van der Waals surface area contributed by atoms with Crippen LogP contribution in [0, 0.1) is 6.92 Å². The number of ether oxygens (including phenoxy) is 2. The van der Waals surface area contributed by atoms with Gasteiger partial charge in [0.25, 0.3) is 5.91 Å². The maximum atomic E-state index is 12.2. The molecule has 0 radical (unpaired) electrons. The third-order valence-corrected chi connectivity index (χ3v) is 5.57. The van der Waals surface area contributed by atoms with Gasteiger partial charge in [-0.3, -0.25) is 9.69 Å². The molecule has 0 saturated carbocycles. The number of carbonyl (C=O) groups is 1. The molecule has 2 aromatic rings. The smallest absolute Gasteiger partial charge is 0.265 e. The molecule has 2 aromatic carbocycles. The minimum atomic E-state index is -0.0774. The van der Waals surface area contributed by atoms with Gasteiger partial charge in [-0.25, -0.2) is 0 Å². The minimum Gasteiger partial charge on any atom is -0.493 e. The van der Waals surface area contributed by atoms with Crippen molar-refractivity contribution in [1.82, 2.24) is 4.90 Å². The quantitative estimate of drug-likeness (QED) is 0.384. The summed E-state index contributed by atoms with van der Waals surface area (Å²) < 4.78 is 12.3. The van der Waals surface area contributed by atoms with Gasteiger partial charge in [-0.15, -0.1) is 0 Å². The maximum absolute atomic E-state index is 12.2. The van der Waals surface area contributed by atoms with E-state index in [1.54, 1.807) is 7.05 Å². The Morgan fingerprint density at radius 3 is 2.33 bits per heavy atom. The summed E-state index contributed by atoms with van der Waals surface area (Å²) >= 11 is 6.49. The van der Waals surface area contributed by atoms with E-state index in [0.717, 1.165) is 29.0 Å². The Bertz CT molecular complexity index is 879. The highest BCUT2D eigenvalue weighted by molar-refractivity contribution is 8.26. The number of likely N-dealkylation sites (N-methyl/N-ethyl adjacent to an activating group) is 1. The predicted octanol–water partition coefficient (Wildman–Crippen LogP) is 4.67. The van der Waals surface area contributed by atoms with E-state index in [9.17, 15) is 4.79 Å². The molecule has 27 heavy (non-hydrogen) atoms. The molecule has 1 aliphatic rings. The maximum Gasteiger partial charge on any atom is 0.265 e. The van der Waals surface area contributed by atoms with Crippen LogP contribution in [0.3, 0.4) is 0 Å². The molecule has 1 saturated heterocycles. The number of benzene rings is 2. The van der Waals surface area contributed by atoms with E-state index in [4.69, 9.17) is 21.7 Å². The molecule has 6 heteroatoms. The number of hydrogen-bond donors (Lipinski definition) is 0. The van der Waals surface area contributed by atoms with E-state index < -0.39 is 0 Å². The van der Waals surface area contributed by atoms with E-state index in [1.165, 1.54) is 16.7 Å². The van der Waals surface area contributed by atoms with Crippen LogP contribution >= 0.6 is 24.0 Å². The number of carbonyl (C=O) groups excluding carboxylic acids is 1. The topological polar surface area (TPSA) is 38.8 Å². The number of nitrogens with zero attached hydrogens (tertiary/aromatic N) is 1. The first kappa shape index (κ1) is 19.5. The number of hydrogen-bond acceptors (Lipinski definition) is 5. The largest absolute Gasteiger partial charge is 0.493 e. The first-order chi connectivity index (χ1) is 13.1. The summed E-state index contributed by atoms with van der Waals surface area (Å²) in [6.45, 7) is 3.15. The van der Waals surface area contributed by atoms with Crippen LogP contribution in [0.25, 0.3) is 6.08 Å². The normalized spacial score (nSPS) is 15.5. The molecule has 3 rings (SSSR count). The van der Waals surface area contributed by atoms with Gasteiger partial charge in [0.05, 0.1) is 18.1 Å². The van der Waals surface area contributed by atoms with Gasteiger partial charge >= 0.3 is 0 Å². The molecular formula is C21H21NO3S2. The van der Waals surface area contributed by atoms with E-state index in [2.05, 4.69) is 0 Å². The van der Waals surface area contributed by atoms with Crippen LogP contribution in [0.1, 0.15) is 17.5 Å². The van der Waals surface area contributed by atoms with Crippen molar-refractivity contribution in [3.05, 3.63) is 64.6 Å². The van der Waals surface area contributed by atoms with Crippen LogP contribution in [-0.2, 0) is 4.79 Å². The zero-order valence-corrected chi connectivity index (χ0v) is 16.9. The fourth-order valence-corrected chi connectivity index (χ4v) is 3.73. The van der Waals surface area contributed by atoms with Gasteiger partial charge in [-0.05, 0) is 30.7 Å². The van der Waals surface area contributed by atoms with Gasteiger partial charge in [-0.2, -0.15) is 0 Å². The minimum absolute atomic E-state index is 0.0774. The Balaban J connectivity index is 1.56. The lowest BCUT2D eigenvalue weighted by atomic mass is 10.2. The average molecular weight is 400 g/mol. The number of thioether (sulfide) groups is 1. The first-order valence-corrected chi connectivity index (χ1v) is 9.90. The van der Waals surface area contributed by atoms with Crippen molar-refractivity contribution < 1.29 is 14.3 Å². The highest BCUT2D eigenvalue weighted by Crippen LogP contribution is 2.33. The second-order valence-electron chi connectivity index (χ2n) is 6.09. The molecule has 0 aliphatic carbocycles. The molecule has 1 aliphatic heterocycles. The van der Waals surface area contributed by atoms with Crippen molar-refractivity contribution >= 4 is 40.3 Å².